The fourth-order valence-corrected chi connectivity index (χ4v) is 3.58. The number of hydrogen-bond donors (Lipinski definition) is 1. The van der Waals surface area contributed by atoms with Gasteiger partial charge in [-0.1, -0.05) is 48.5 Å². The van der Waals surface area contributed by atoms with Gasteiger partial charge in [0.15, 0.2) is 6.61 Å². The molecule has 0 saturated heterocycles. The van der Waals surface area contributed by atoms with Crippen LogP contribution in [0.2, 0.25) is 0 Å². The lowest BCUT2D eigenvalue weighted by molar-refractivity contribution is -0.156. The molecule has 1 saturated carbocycles. The number of nitrogens with one attached hydrogen (secondary N) is 1. The quantitative estimate of drug-likeness (QED) is 0.553. The molecule has 1 amide bonds. The van der Waals surface area contributed by atoms with Crippen LogP contribution < -0.4 is 5.32 Å². The van der Waals surface area contributed by atoms with E-state index in [0.29, 0.717) is 35.2 Å². The van der Waals surface area contributed by atoms with Gasteiger partial charge in [-0.25, -0.2) is 0 Å². The molecule has 27 heavy (non-hydrogen) atoms. The third kappa shape index (κ3) is 4.66. The molecule has 0 heterocycles. The summed E-state index contributed by atoms with van der Waals surface area (Å²) in [7, 11) is 0. The molecule has 1 aliphatic rings. The molecule has 142 valence electrons. The Balaban J connectivity index is 1.53. The largest absolute Gasteiger partial charge is 0.455 e. The van der Waals surface area contributed by atoms with Gasteiger partial charge in [-0.15, -0.1) is 0 Å². The van der Waals surface area contributed by atoms with Crippen molar-refractivity contribution >= 4 is 29.3 Å². The number of hydrogen-bond acceptors (Lipinski definition) is 4. The predicted octanol–water partition coefficient (Wildman–Crippen LogP) is 4.60. The Bertz CT molecular complexity index is 793. The maximum absolute atomic E-state index is 12.6. The fraction of sp³-hybridized carbons (Fsp3) is 0.300. The molecule has 1 N–H and O–H groups in total. The van der Waals surface area contributed by atoms with E-state index in [4.69, 9.17) is 4.74 Å². The van der Waals surface area contributed by atoms with Crippen LogP contribution in [0, 0.1) is 0 Å². The molecular formula is C20H19F2NO3S. The minimum Gasteiger partial charge on any atom is -0.455 e. The first-order valence-electron chi connectivity index (χ1n) is 8.57. The number of benzene rings is 2. The predicted molar refractivity (Wildman–Crippen MR) is 99.9 cm³/mol. The summed E-state index contributed by atoms with van der Waals surface area (Å²) in [5.74, 6) is -3.35. The molecule has 1 aliphatic carbocycles. The smallest absolute Gasteiger partial charge is 0.317 e. The second-order valence-electron chi connectivity index (χ2n) is 6.33. The van der Waals surface area contributed by atoms with Crippen LogP contribution in [0.3, 0.4) is 0 Å². The van der Waals surface area contributed by atoms with E-state index < -0.39 is 23.0 Å². The number of carbonyl (C=O) groups excluding carboxylic acids is 2. The van der Waals surface area contributed by atoms with Gasteiger partial charge in [0.25, 0.3) is 11.7 Å². The minimum absolute atomic E-state index is 0.388. The van der Waals surface area contributed by atoms with Crippen LogP contribution in [0.15, 0.2) is 59.5 Å². The Morgan fingerprint density at radius 3 is 2.30 bits per heavy atom. The molecule has 2 aromatic carbocycles. The first kappa shape index (κ1) is 19.4. The standard InChI is InChI=1S/C20H19F2NO3S/c21-19(22)27-16-9-7-15(8-10-16)23-17(24)13-26-18(25)20(11-4-12-20)14-5-2-1-3-6-14/h1-3,5-10,19H,4,11-13H2,(H,23,24). The van der Waals surface area contributed by atoms with E-state index in [1.165, 1.54) is 24.3 Å². The van der Waals surface area contributed by atoms with Crippen LogP contribution in [0.4, 0.5) is 14.5 Å². The Kier molecular flexibility index (Phi) is 6.11. The van der Waals surface area contributed by atoms with Crippen LogP contribution in [0.25, 0.3) is 0 Å². The molecular weight excluding hydrogens is 372 g/mol. The van der Waals surface area contributed by atoms with Gasteiger partial charge in [-0.05, 0) is 42.7 Å². The molecule has 0 atom stereocenters. The highest BCUT2D eigenvalue weighted by molar-refractivity contribution is 7.99. The molecule has 0 bridgehead atoms. The fourth-order valence-electron chi connectivity index (χ4n) is 3.08. The van der Waals surface area contributed by atoms with Gasteiger partial charge in [0, 0.05) is 10.6 Å². The number of amides is 1. The maximum atomic E-state index is 12.6. The Morgan fingerprint density at radius 1 is 1.07 bits per heavy atom. The van der Waals surface area contributed by atoms with Gasteiger partial charge in [0.2, 0.25) is 0 Å². The highest BCUT2D eigenvalue weighted by Crippen LogP contribution is 2.44. The average molecular weight is 391 g/mol. The average Bonchev–Trinajstić information content (AvgIpc) is 2.61. The van der Waals surface area contributed by atoms with Crippen molar-refractivity contribution in [1.29, 1.82) is 0 Å². The van der Waals surface area contributed by atoms with Crippen molar-refractivity contribution in [2.45, 2.75) is 35.3 Å². The number of ether oxygens (including phenoxy) is 1. The van der Waals surface area contributed by atoms with Gasteiger partial charge < -0.3 is 10.1 Å². The summed E-state index contributed by atoms with van der Waals surface area (Å²) in [5, 5.41) is 2.59. The van der Waals surface area contributed by atoms with Crippen LogP contribution in [0.1, 0.15) is 24.8 Å². The van der Waals surface area contributed by atoms with E-state index in [-0.39, 0.29) is 6.61 Å². The third-order valence-electron chi connectivity index (χ3n) is 4.62. The first-order valence-corrected chi connectivity index (χ1v) is 9.45. The van der Waals surface area contributed by atoms with Gasteiger partial charge in [0.1, 0.15) is 0 Å². The molecule has 0 spiro atoms. The summed E-state index contributed by atoms with van der Waals surface area (Å²) in [4.78, 5) is 25.0. The lowest BCUT2D eigenvalue weighted by atomic mass is 9.64. The lowest BCUT2D eigenvalue weighted by Gasteiger charge is -2.39. The number of esters is 1. The van der Waals surface area contributed by atoms with Gasteiger partial charge >= 0.3 is 5.97 Å². The normalized spacial score (nSPS) is 15.1. The molecule has 0 aliphatic heterocycles. The molecule has 1 fully saturated rings. The topological polar surface area (TPSA) is 55.4 Å². The van der Waals surface area contributed by atoms with Crippen molar-refractivity contribution in [2.24, 2.45) is 0 Å². The van der Waals surface area contributed by atoms with Gasteiger partial charge in [-0.2, -0.15) is 8.78 Å². The number of alkyl halides is 2. The zero-order chi connectivity index (χ0) is 19.3. The van der Waals surface area contributed by atoms with E-state index in [0.717, 1.165) is 12.0 Å². The zero-order valence-corrected chi connectivity index (χ0v) is 15.3. The van der Waals surface area contributed by atoms with Crippen molar-refractivity contribution in [3.05, 3.63) is 60.2 Å². The van der Waals surface area contributed by atoms with E-state index >= 15 is 0 Å². The summed E-state index contributed by atoms with van der Waals surface area (Å²) in [5.41, 5.74) is 0.709. The monoisotopic (exact) mass is 391 g/mol. The highest BCUT2D eigenvalue weighted by atomic mass is 32.2. The molecule has 0 unspecified atom stereocenters. The molecule has 3 rings (SSSR count). The third-order valence-corrected chi connectivity index (χ3v) is 5.34. The molecule has 2 aromatic rings. The van der Waals surface area contributed by atoms with Crippen LogP contribution in [-0.2, 0) is 19.7 Å². The second-order valence-corrected chi connectivity index (χ2v) is 7.39. The van der Waals surface area contributed by atoms with Crippen molar-refractivity contribution in [3.8, 4) is 0 Å². The van der Waals surface area contributed by atoms with Gasteiger partial charge in [-0.3, -0.25) is 9.59 Å². The zero-order valence-electron chi connectivity index (χ0n) is 14.5. The molecule has 7 heteroatoms. The summed E-state index contributed by atoms with van der Waals surface area (Å²) in [6.07, 6.45) is 2.36. The summed E-state index contributed by atoms with van der Waals surface area (Å²) in [6.45, 7) is -0.388. The minimum atomic E-state index is -2.49. The Labute approximate surface area is 160 Å². The van der Waals surface area contributed by atoms with E-state index in [1.54, 1.807) is 0 Å². The number of anilines is 1. The Morgan fingerprint density at radius 2 is 1.74 bits per heavy atom. The van der Waals surface area contributed by atoms with Crippen LogP contribution in [-0.4, -0.2) is 24.2 Å². The molecule has 0 radical (unpaired) electrons. The van der Waals surface area contributed by atoms with E-state index in [2.05, 4.69) is 5.32 Å². The van der Waals surface area contributed by atoms with Crippen molar-refractivity contribution in [3.63, 3.8) is 0 Å². The van der Waals surface area contributed by atoms with Crippen molar-refractivity contribution in [1.82, 2.24) is 0 Å². The summed E-state index contributed by atoms with van der Waals surface area (Å²) >= 11 is 0.434. The number of halogens is 2. The number of rotatable bonds is 7. The van der Waals surface area contributed by atoms with Crippen molar-refractivity contribution < 1.29 is 23.1 Å². The maximum Gasteiger partial charge on any atom is 0.317 e. The first-order chi connectivity index (χ1) is 13.0. The summed E-state index contributed by atoms with van der Waals surface area (Å²) < 4.78 is 29.9. The highest BCUT2D eigenvalue weighted by Gasteiger charge is 2.47. The van der Waals surface area contributed by atoms with Crippen LogP contribution >= 0.6 is 11.8 Å². The Hall–Kier alpha value is -2.41. The molecule has 0 aromatic heterocycles. The SMILES string of the molecule is O=C(COC(=O)C1(c2ccccc2)CCC1)Nc1ccc(SC(F)F)cc1. The van der Waals surface area contributed by atoms with Crippen LogP contribution in [0.5, 0.6) is 0 Å². The molecule has 4 nitrogen and oxygen atoms in total. The van der Waals surface area contributed by atoms with E-state index in [1.807, 2.05) is 30.3 Å². The van der Waals surface area contributed by atoms with Gasteiger partial charge in [0.05, 0.1) is 5.41 Å². The lowest BCUT2D eigenvalue weighted by Crippen LogP contribution is -2.44. The summed E-state index contributed by atoms with van der Waals surface area (Å²) in [6, 6.07) is 15.5. The number of carbonyl (C=O) groups is 2. The number of thioether (sulfide) groups is 1. The second kappa shape index (κ2) is 8.52. The van der Waals surface area contributed by atoms with Crippen molar-refractivity contribution in [2.75, 3.05) is 11.9 Å². The van der Waals surface area contributed by atoms with E-state index in [9.17, 15) is 18.4 Å².